The lowest BCUT2D eigenvalue weighted by Crippen LogP contribution is -2.41. The molecule has 1 saturated heterocycles. The SMILES string of the molecule is CC1(C)OB(C(=Cc2ccc(O)c(C(=O)O)c2)CN)OC1(C)C. The summed E-state index contributed by atoms with van der Waals surface area (Å²) >= 11 is 0. The molecule has 0 unspecified atom stereocenters. The second-order valence-corrected chi connectivity index (χ2v) is 6.59. The molecule has 1 aliphatic rings. The quantitative estimate of drug-likeness (QED) is 0.734. The molecule has 0 amide bonds. The molecule has 0 aromatic heterocycles. The van der Waals surface area contributed by atoms with Gasteiger partial charge in [-0.25, -0.2) is 4.79 Å². The van der Waals surface area contributed by atoms with Crippen molar-refractivity contribution in [1.29, 1.82) is 0 Å². The van der Waals surface area contributed by atoms with Gasteiger partial charge in [-0.15, -0.1) is 0 Å². The molecule has 0 bridgehead atoms. The second-order valence-electron chi connectivity index (χ2n) is 6.59. The fourth-order valence-corrected chi connectivity index (χ4v) is 2.25. The fraction of sp³-hybridized carbons (Fsp3) is 0.438. The normalized spacial score (nSPS) is 19.9. The van der Waals surface area contributed by atoms with Gasteiger partial charge in [0.05, 0.1) is 11.2 Å². The van der Waals surface area contributed by atoms with Gasteiger partial charge in [0.25, 0.3) is 0 Å². The zero-order valence-electron chi connectivity index (χ0n) is 13.8. The molecule has 1 aromatic carbocycles. The van der Waals surface area contributed by atoms with E-state index in [4.69, 9.17) is 20.1 Å². The van der Waals surface area contributed by atoms with E-state index >= 15 is 0 Å². The van der Waals surface area contributed by atoms with Crippen LogP contribution in [-0.2, 0) is 9.31 Å². The zero-order chi connectivity index (χ0) is 17.4. The van der Waals surface area contributed by atoms with Crippen LogP contribution in [0.4, 0.5) is 0 Å². The summed E-state index contributed by atoms with van der Waals surface area (Å²) in [5.41, 5.74) is 6.00. The number of phenols is 1. The van der Waals surface area contributed by atoms with Gasteiger partial charge >= 0.3 is 13.1 Å². The highest BCUT2D eigenvalue weighted by atomic mass is 16.7. The van der Waals surface area contributed by atoms with Crippen LogP contribution in [0.15, 0.2) is 23.7 Å². The van der Waals surface area contributed by atoms with Crippen molar-refractivity contribution < 1.29 is 24.3 Å². The molecule has 6 nitrogen and oxygen atoms in total. The Morgan fingerprint density at radius 1 is 1.26 bits per heavy atom. The van der Waals surface area contributed by atoms with Crippen LogP contribution in [0.3, 0.4) is 0 Å². The molecular weight excluding hydrogens is 297 g/mol. The summed E-state index contributed by atoms with van der Waals surface area (Å²) in [6.45, 7) is 8.00. The Kier molecular flexibility index (Phi) is 4.57. The van der Waals surface area contributed by atoms with Gasteiger partial charge in [-0.3, -0.25) is 0 Å². The minimum absolute atomic E-state index is 0.163. The molecule has 4 N–H and O–H groups in total. The van der Waals surface area contributed by atoms with Crippen molar-refractivity contribution >= 4 is 19.2 Å². The fourth-order valence-electron chi connectivity index (χ4n) is 2.25. The van der Waals surface area contributed by atoms with E-state index in [0.717, 1.165) is 0 Å². The maximum absolute atomic E-state index is 11.1. The third-order valence-electron chi connectivity index (χ3n) is 4.39. The van der Waals surface area contributed by atoms with Crippen LogP contribution in [0, 0.1) is 0 Å². The molecule has 0 aliphatic carbocycles. The summed E-state index contributed by atoms with van der Waals surface area (Å²) in [6, 6.07) is 4.34. The number of aromatic carboxylic acids is 1. The first-order valence-corrected chi connectivity index (χ1v) is 7.40. The van der Waals surface area contributed by atoms with Crippen molar-refractivity contribution in [3.8, 4) is 5.75 Å². The topological polar surface area (TPSA) is 102 Å². The number of benzene rings is 1. The molecular formula is C16H22BNO5. The lowest BCUT2D eigenvalue weighted by molar-refractivity contribution is 0.00578. The van der Waals surface area contributed by atoms with Gasteiger partial charge in [-0.05, 0) is 50.9 Å². The molecule has 1 aliphatic heterocycles. The van der Waals surface area contributed by atoms with E-state index in [2.05, 4.69) is 0 Å². The number of carbonyl (C=O) groups is 1. The molecule has 1 fully saturated rings. The Bertz CT molecular complexity index is 638. The van der Waals surface area contributed by atoms with E-state index in [-0.39, 0.29) is 17.9 Å². The molecule has 0 atom stereocenters. The van der Waals surface area contributed by atoms with Crippen LogP contribution >= 0.6 is 0 Å². The van der Waals surface area contributed by atoms with Crippen molar-refractivity contribution in [2.45, 2.75) is 38.9 Å². The van der Waals surface area contributed by atoms with Crippen molar-refractivity contribution in [1.82, 2.24) is 0 Å². The predicted octanol–water partition coefficient (Wildman–Crippen LogP) is 2.06. The first kappa shape index (κ1) is 17.5. The van der Waals surface area contributed by atoms with E-state index in [1.165, 1.54) is 12.1 Å². The van der Waals surface area contributed by atoms with E-state index < -0.39 is 24.3 Å². The van der Waals surface area contributed by atoms with Crippen molar-refractivity contribution in [3.05, 3.63) is 34.8 Å². The van der Waals surface area contributed by atoms with Crippen molar-refractivity contribution in [2.24, 2.45) is 5.73 Å². The lowest BCUT2D eigenvalue weighted by Gasteiger charge is -2.32. The van der Waals surface area contributed by atoms with Gasteiger partial charge in [-0.1, -0.05) is 12.1 Å². The van der Waals surface area contributed by atoms with Gasteiger partial charge in [0.1, 0.15) is 11.3 Å². The van der Waals surface area contributed by atoms with Crippen LogP contribution < -0.4 is 5.73 Å². The van der Waals surface area contributed by atoms with Gasteiger partial charge in [0.2, 0.25) is 0 Å². The van der Waals surface area contributed by atoms with Gasteiger partial charge in [-0.2, -0.15) is 0 Å². The summed E-state index contributed by atoms with van der Waals surface area (Å²) in [6.07, 6.45) is 1.73. The predicted molar refractivity (Wildman–Crippen MR) is 88.2 cm³/mol. The Morgan fingerprint density at radius 2 is 1.83 bits per heavy atom. The molecule has 0 radical (unpaired) electrons. The van der Waals surface area contributed by atoms with Gasteiger partial charge in [0.15, 0.2) is 0 Å². The Morgan fingerprint density at radius 3 is 2.30 bits per heavy atom. The smallest absolute Gasteiger partial charge is 0.491 e. The van der Waals surface area contributed by atoms with Crippen molar-refractivity contribution in [3.63, 3.8) is 0 Å². The summed E-state index contributed by atoms with van der Waals surface area (Å²) in [5.74, 6) is -1.47. The lowest BCUT2D eigenvalue weighted by atomic mass is 9.77. The summed E-state index contributed by atoms with van der Waals surface area (Å²) in [5, 5.41) is 18.6. The Hall–Kier alpha value is -1.83. The molecule has 23 heavy (non-hydrogen) atoms. The van der Waals surface area contributed by atoms with E-state index in [0.29, 0.717) is 11.0 Å². The first-order valence-electron chi connectivity index (χ1n) is 7.40. The number of hydrogen-bond acceptors (Lipinski definition) is 5. The molecule has 2 rings (SSSR count). The summed E-state index contributed by atoms with van der Waals surface area (Å²) < 4.78 is 11.9. The average molecular weight is 319 g/mol. The zero-order valence-corrected chi connectivity index (χ0v) is 13.8. The van der Waals surface area contributed by atoms with Crippen LogP contribution in [0.1, 0.15) is 43.6 Å². The molecule has 0 saturated carbocycles. The number of hydrogen-bond donors (Lipinski definition) is 3. The number of nitrogens with two attached hydrogens (primary N) is 1. The van der Waals surface area contributed by atoms with Crippen LogP contribution in [-0.4, -0.2) is 41.0 Å². The van der Waals surface area contributed by atoms with Crippen molar-refractivity contribution in [2.75, 3.05) is 6.54 Å². The maximum Gasteiger partial charge on any atom is 0.491 e. The Labute approximate surface area is 136 Å². The Balaban J connectivity index is 2.34. The van der Waals surface area contributed by atoms with Gasteiger partial charge < -0.3 is 25.3 Å². The highest BCUT2D eigenvalue weighted by Crippen LogP contribution is 2.38. The first-order chi connectivity index (χ1) is 10.6. The third kappa shape index (κ3) is 3.42. The van der Waals surface area contributed by atoms with E-state index in [9.17, 15) is 9.90 Å². The largest absolute Gasteiger partial charge is 0.507 e. The molecule has 7 heteroatoms. The van der Waals surface area contributed by atoms with E-state index in [1.807, 2.05) is 27.7 Å². The van der Waals surface area contributed by atoms with Gasteiger partial charge in [0, 0.05) is 6.54 Å². The van der Waals surface area contributed by atoms with Crippen LogP contribution in [0.25, 0.3) is 6.08 Å². The number of carboxylic acids is 1. The monoisotopic (exact) mass is 319 g/mol. The van der Waals surface area contributed by atoms with Crippen LogP contribution in [0.2, 0.25) is 0 Å². The minimum atomic E-state index is -1.19. The third-order valence-corrected chi connectivity index (χ3v) is 4.39. The number of rotatable bonds is 4. The summed E-state index contributed by atoms with van der Waals surface area (Å²) in [7, 11) is -0.591. The molecule has 0 spiro atoms. The molecule has 124 valence electrons. The highest BCUT2D eigenvalue weighted by molar-refractivity contribution is 6.55. The molecule has 1 aromatic rings. The van der Waals surface area contributed by atoms with Crippen LogP contribution in [0.5, 0.6) is 5.75 Å². The highest BCUT2D eigenvalue weighted by Gasteiger charge is 2.52. The summed E-state index contributed by atoms with van der Waals surface area (Å²) in [4.78, 5) is 11.1. The second kappa shape index (κ2) is 6.00. The average Bonchev–Trinajstić information content (AvgIpc) is 2.66. The number of carboxylic acid groups (broad SMARTS) is 1. The van der Waals surface area contributed by atoms with E-state index in [1.54, 1.807) is 12.1 Å². The minimum Gasteiger partial charge on any atom is -0.507 e. The molecule has 1 heterocycles. The number of aromatic hydroxyl groups is 1. The standard InChI is InChI=1S/C16H22BNO5/c1-15(2)16(3,4)23-17(22-15)11(9-18)7-10-5-6-13(19)12(8-10)14(20)21/h5-8,19H,9,18H2,1-4H3,(H,20,21). The maximum atomic E-state index is 11.1.